The molecule has 0 aromatic rings. The zero-order valence-electron chi connectivity index (χ0n) is 8.05. The van der Waals surface area contributed by atoms with Gasteiger partial charge in [0.15, 0.2) is 0 Å². The van der Waals surface area contributed by atoms with Gasteiger partial charge in [0.25, 0.3) is 0 Å². The van der Waals surface area contributed by atoms with Crippen molar-refractivity contribution in [2.45, 2.75) is 39.0 Å². The lowest BCUT2D eigenvalue weighted by Gasteiger charge is -2.21. The monoisotopic (exact) mass is 183 g/mol. The Morgan fingerprint density at radius 3 is 3.15 bits per heavy atom. The summed E-state index contributed by atoms with van der Waals surface area (Å²) in [5.74, 6) is 0.738. The normalized spacial score (nSPS) is 25.9. The minimum absolute atomic E-state index is 0.578. The Kier molecular flexibility index (Phi) is 3.73. The molecule has 0 bridgehead atoms. The van der Waals surface area contributed by atoms with Crippen LogP contribution in [0.4, 0.5) is 4.79 Å². The van der Waals surface area contributed by atoms with Crippen molar-refractivity contribution < 1.29 is 4.79 Å². The van der Waals surface area contributed by atoms with E-state index in [4.69, 9.17) is 5.73 Å². The first-order chi connectivity index (χ1) is 6.22. The molecule has 74 valence electrons. The molecule has 0 aliphatic heterocycles. The van der Waals surface area contributed by atoms with Crippen molar-refractivity contribution >= 4 is 11.7 Å². The molecule has 1 unspecified atom stereocenters. The predicted octanol–water partition coefficient (Wildman–Crippen LogP) is 1.61. The molecule has 4 heteroatoms. The maximum absolute atomic E-state index is 10.4. The van der Waals surface area contributed by atoms with E-state index in [9.17, 15) is 4.79 Å². The molecule has 0 saturated heterocycles. The molecule has 1 aliphatic carbocycles. The third-order valence-corrected chi connectivity index (χ3v) is 2.50. The van der Waals surface area contributed by atoms with Crippen molar-refractivity contribution in [3.8, 4) is 0 Å². The smallest absolute Gasteiger partial charge is 0.332 e. The number of carbonyl (C=O) groups excluding carboxylic acids is 1. The lowest BCUT2D eigenvalue weighted by atomic mass is 9.86. The third-order valence-electron chi connectivity index (χ3n) is 2.50. The SMILES string of the molecule is CCC1CCCC(=NNC(N)=O)C1. The molecule has 0 aromatic heterocycles. The van der Waals surface area contributed by atoms with Gasteiger partial charge in [0, 0.05) is 5.71 Å². The topological polar surface area (TPSA) is 67.5 Å². The second-order valence-electron chi connectivity index (χ2n) is 3.52. The Morgan fingerprint density at radius 2 is 2.54 bits per heavy atom. The highest BCUT2D eigenvalue weighted by Crippen LogP contribution is 2.24. The zero-order valence-corrected chi connectivity index (χ0v) is 8.05. The van der Waals surface area contributed by atoms with Crippen LogP contribution in [0.5, 0.6) is 0 Å². The fraction of sp³-hybridized carbons (Fsp3) is 0.778. The molecule has 0 radical (unpaired) electrons. The van der Waals surface area contributed by atoms with Crippen LogP contribution in [0.25, 0.3) is 0 Å². The molecule has 1 atom stereocenters. The van der Waals surface area contributed by atoms with Crippen molar-refractivity contribution in [1.82, 2.24) is 5.43 Å². The van der Waals surface area contributed by atoms with Gasteiger partial charge in [-0.15, -0.1) is 0 Å². The van der Waals surface area contributed by atoms with Crippen LogP contribution in [0.1, 0.15) is 39.0 Å². The van der Waals surface area contributed by atoms with Crippen LogP contribution in [0.3, 0.4) is 0 Å². The van der Waals surface area contributed by atoms with E-state index in [-0.39, 0.29) is 0 Å². The van der Waals surface area contributed by atoms with Gasteiger partial charge in [-0.1, -0.05) is 13.3 Å². The molecule has 0 aromatic carbocycles. The first kappa shape index (κ1) is 10.0. The van der Waals surface area contributed by atoms with Gasteiger partial charge in [0.2, 0.25) is 0 Å². The number of amides is 2. The second-order valence-corrected chi connectivity index (χ2v) is 3.52. The van der Waals surface area contributed by atoms with E-state index in [0.717, 1.165) is 24.5 Å². The molecule has 1 rings (SSSR count). The summed E-state index contributed by atoms with van der Waals surface area (Å²) in [6, 6.07) is -0.578. The van der Waals surface area contributed by atoms with E-state index in [2.05, 4.69) is 17.5 Å². The van der Waals surface area contributed by atoms with Crippen molar-refractivity contribution in [3.63, 3.8) is 0 Å². The van der Waals surface area contributed by atoms with Crippen LogP contribution < -0.4 is 11.2 Å². The Hall–Kier alpha value is -1.06. The van der Waals surface area contributed by atoms with Gasteiger partial charge in [0.05, 0.1) is 0 Å². The Bertz CT molecular complexity index is 213. The van der Waals surface area contributed by atoms with Gasteiger partial charge in [-0.05, 0) is 31.6 Å². The van der Waals surface area contributed by atoms with Crippen molar-refractivity contribution in [1.29, 1.82) is 0 Å². The number of rotatable bonds is 2. The number of nitrogens with two attached hydrogens (primary N) is 1. The summed E-state index contributed by atoms with van der Waals surface area (Å²) in [4.78, 5) is 10.4. The molecule has 3 N–H and O–H groups in total. The quantitative estimate of drug-likeness (QED) is 0.627. The van der Waals surface area contributed by atoms with E-state index < -0.39 is 6.03 Å². The van der Waals surface area contributed by atoms with Gasteiger partial charge in [-0.25, -0.2) is 10.2 Å². The molecular weight excluding hydrogens is 166 g/mol. The van der Waals surface area contributed by atoms with Crippen LogP contribution in [0.2, 0.25) is 0 Å². The number of hydrogen-bond acceptors (Lipinski definition) is 2. The average molecular weight is 183 g/mol. The highest BCUT2D eigenvalue weighted by atomic mass is 16.2. The number of nitrogens with zero attached hydrogens (tertiary/aromatic N) is 1. The lowest BCUT2D eigenvalue weighted by Crippen LogP contribution is -2.27. The molecule has 13 heavy (non-hydrogen) atoms. The first-order valence-electron chi connectivity index (χ1n) is 4.83. The fourth-order valence-corrected chi connectivity index (χ4v) is 1.72. The van der Waals surface area contributed by atoms with Crippen LogP contribution in [0.15, 0.2) is 5.10 Å². The number of hydrogen-bond donors (Lipinski definition) is 2. The van der Waals surface area contributed by atoms with Crippen molar-refractivity contribution in [2.24, 2.45) is 16.8 Å². The Morgan fingerprint density at radius 1 is 1.77 bits per heavy atom. The molecule has 4 nitrogen and oxygen atoms in total. The maximum Gasteiger partial charge on any atom is 0.332 e. The molecule has 1 fully saturated rings. The number of primary amides is 1. The van der Waals surface area contributed by atoms with E-state index >= 15 is 0 Å². The summed E-state index contributed by atoms with van der Waals surface area (Å²) in [6.45, 7) is 2.19. The van der Waals surface area contributed by atoms with Crippen molar-refractivity contribution in [2.75, 3.05) is 0 Å². The first-order valence-corrected chi connectivity index (χ1v) is 4.83. The van der Waals surface area contributed by atoms with E-state index in [1.807, 2.05) is 0 Å². The van der Waals surface area contributed by atoms with E-state index in [0.29, 0.717) is 0 Å². The summed E-state index contributed by atoms with van der Waals surface area (Å²) >= 11 is 0. The second kappa shape index (κ2) is 4.84. The lowest BCUT2D eigenvalue weighted by molar-refractivity contribution is 0.249. The highest BCUT2D eigenvalue weighted by molar-refractivity contribution is 5.86. The van der Waals surface area contributed by atoms with Crippen LogP contribution in [-0.4, -0.2) is 11.7 Å². The number of nitrogens with one attached hydrogen (secondary N) is 1. The third kappa shape index (κ3) is 3.44. The van der Waals surface area contributed by atoms with Gasteiger partial charge in [-0.2, -0.15) is 5.10 Å². The molecule has 1 aliphatic rings. The summed E-state index contributed by atoms with van der Waals surface area (Å²) in [6.07, 6.45) is 5.66. The number of urea groups is 1. The predicted molar refractivity (Wildman–Crippen MR) is 52.4 cm³/mol. The summed E-state index contributed by atoms with van der Waals surface area (Å²) in [5, 5.41) is 3.97. The van der Waals surface area contributed by atoms with Crippen LogP contribution >= 0.6 is 0 Å². The maximum atomic E-state index is 10.4. The molecule has 2 amide bonds. The molecule has 1 saturated carbocycles. The minimum Gasteiger partial charge on any atom is -0.350 e. The van der Waals surface area contributed by atoms with Gasteiger partial charge in [0.1, 0.15) is 0 Å². The molecule has 0 spiro atoms. The van der Waals surface area contributed by atoms with Crippen LogP contribution in [0, 0.1) is 5.92 Å². The fourth-order valence-electron chi connectivity index (χ4n) is 1.72. The van der Waals surface area contributed by atoms with Gasteiger partial charge in [-0.3, -0.25) is 0 Å². The Labute approximate surface area is 78.6 Å². The number of hydrazone groups is 1. The van der Waals surface area contributed by atoms with Crippen molar-refractivity contribution in [3.05, 3.63) is 0 Å². The van der Waals surface area contributed by atoms with E-state index in [1.165, 1.54) is 19.3 Å². The van der Waals surface area contributed by atoms with Crippen LogP contribution in [-0.2, 0) is 0 Å². The molecular formula is C9H17N3O. The number of carbonyl (C=O) groups is 1. The minimum atomic E-state index is -0.578. The largest absolute Gasteiger partial charge is 0.350 e. The summed E-state index contributed by atoms with van der Waals surface area (Å²) in [5.41, 5.74) is 8.29. The summed E-state index contributed by atoms with van der Waals surface area (Å²) in [7, 11) is 0. The standard InChI is InChI=1S/C9H17N3O/c1-2-7-4-3-5-8(6-7)11-12-9(10)13/h7H,2-6H2,1H3,(H3,10,12,13). The molecule has 0 heterocycles. The Balaban J connectivity index is 2.41. The van der Waals surface area contributed by atoms with Gasteiger partial charge < -0.3 is 5.73 Å². The van der Waals surface area contributed by atoms with E-state index in [1.54, 1.807) is 0 Å². The zero-order chi connectivity index (χ0) is 9.68. The average Bonchev–Trinajstić information content (AvgIpc) is 2.15. The highest BCUT2D eigenvalue weighted by Gasteiger charge is 2.16. The van der Waals surface area contributed by atoms with Gasteiger partial charge >= 0.3 is 6.03 Å². The summed E-state index contributed by atoms with van der Waals surface area (Å²) < 4.78 is 0.